The van der Waals surface area contributed by atoms with Crippen molar-refractivity contribution in [3.05, 3.63) is 75.7 Å². The Hall–Kier alpha value is -3.45. The summed E-state index contributed by atoms with van der Waals surface area (Å²) in [7, 11) is 1.74. The molecule has 0 aliphatic heterocycles. The molecule has 0 spiro atoms. The van der Waals surface area contributed by atoms with Gasteiger partial charge in [-0.15, -0.1) is 11.3 Å². The van der Waals surface area contributed by atoms with Gasteiger partial charge in [-0.3, -0.25) is 4.79 Å². The van der Waals surface area contributed by atoms with Crippen LogP contribution in [0.15, 0.2) is 52.9 Å². The molecule has 0 radical (unpaired) electrons. The maximum Gasteiger partial charge on any atom is 0.335 e. The minimum Gasteiger partial charge on any atom is -0.506 e. The quantitative estimate of drug-likeness (QED) is 0.274. The largest absolute Gasteiger partial charge is 0.506 e. The van der Waals surface area contributed by atoms with Gasteiger partial charge >= 0.3 is 5.97 Å². The van der Waals surface area contributed by atoms with Gasteiger partial charge in [0, 0.05) is 23.6 Å². The van der Waals surface area contributed by atoms with Crippen molar-refractivity contribution in [2.75, 3.05) is 7.05 Å². The number of aromatic carboxylic acids is 1. The van der Waals surface area contributed by atoms with E-state index in [1.807, 2.05) is 19.2 Å². The van der Waals surface area contributed by atoms with Gasteiger partial charge in [-0.1, -0.05) is 38.1 Å². The van der Waals surface area contributed by atoms with Gasteiger partial charge < -0.3 is 15.6 Å². The molecule has 0 atom stereocenters. The van der Waals surface area contributed by atoms with E-state index >= 15 is 0 Å². The summed E-state index contributed by atoms with van der Waals surface area (Å²) in [4.78, 5) is 21.4. The molecule has 0 amide bonds. The second kappa shape index (κ2) is 12.4. The molecular weight excluding hydrogens is 424 g/mol. The molecule has 0 saturated carbocycles. The fraction of sp³-hybridized carbons (Fsp3) is 0.240. The number of thiophene rings is 1. The Morgan fingerprint density at radius 1 is 1.09 bits per heavy atom. The molecule has 0 unspecified atom stereocenters. The van der Waals surface area contributed by atoms with Crippen LogP contribution in [0.4, 0.5) is 0 Å². The standard InChI is InChI=1S/C15H16N2OS.C8H6O3.C2H6/c1-16-17-8-13-9-19-15(14(13)18)12-6-5-10-3-2-4-11(10)7-12;9-5-6-1-3-7(4-2-6)8(10)11;1-2/h5-9,16,18H,2-4H2,1H3;1-5H,(H,10,11);1-2H3/b17-8+;;. The van der Waals surface area contributed by atoms with Gasteiger partial charge in [-0.25, -0.2) is 4.79 Å². The van der Waals surface area contributed by atoms with Gasteiger partial charge in [0.05, 0.1) is 16.7 Å². The van der Waals surface area contributed by atoms with E-state index in [4.69, 9.17) is 5.11 Å². The van der Waals surface area contributed by atoms with E-state index in [2.05, 4.69) is 28.7 Å². The van der Waals surface area contributed by atoms with Crippen LogP contribution in [0.1, 0.15) is 57.7 Å². The topological polar surface area (TPSA) is 99.0 Å². The number of nitrogens with zero attached hydrogens (tertiary/aromatic N) is 1. The number of hydrogen-bond acceptors (Lipinski definition) is 6. The van der Waals surface area contributed by atoms with Crippen LogP contribution in [0.5, 0.6) is 5.75 Å². The first kappa shape index (κ1) is 24.8. The molecule has 2 aromatic carbocycles. The normalized spacial score (nSPS) is 11.6. The summed E-state index contributed by atoms with van der Waals surface area (Å²) in [5.74, 6) is -0.663. The average molecular weight is 453 g/mol. The van der Waals surface area contributed by atoms with Crippen LogP contribution < -0.4 is 5.43 Å². The van der Waals surface area contributed by atoms with Crippen molar-refractivity contribution >= 4 is 29.8 Å². The zero-order chi connectivity index (χ0) is 23.5. The molecule has 0 bridgehead atoms. The predicted octanol–water partition coefficient (Wildman–Crippen LogP) is 5.39. The minimum atomic E-state index is -0.984. The van der Waals surface area contributed by atoms with Gasteiger partial charge in [0.15, 0.2) is 0 Å². The molecule has 0 fully saturated rings. The predicted molar refractivity (Wildman–Crippen MR) is 130 cm³/mol. The van der Waals surface area contributed by atoms with Gasteiger partial charge in [0.25, 0.3) is 0 Å². The highest BCUT2D eigenvalue weighted by molar-refractivity contribution is 7.14. The fourth-order valence-corrected chi connectivity index (χ4v) is 4.12. The number of carbonyl (C=O) groups excluding carboxylic acids is 1. The summed E-state index contributed by atoms with van der Waals surface area (Å²) >= 11 is 1.56. The maximum atomic E-state index is 10.3. The van der Waals surface area contributed by atoms with Gasteiger partial charge in [0.1, 0.15) is 12.0 Å². The Morgan fingerprint density at radius 2 is 1.78 bits per heavy atom. The molecule has 1 aliphatic rings. The van der Waals surface area contributed by atoms with Crippen LogP contribution in [0.3, 0.4) is 0 Å². The number of carboxylic acid groups (broad SMARTS) is 1. The number of fused-ring (bicyclic) bond motifs is 1. The molecule has 3 N–H and O–H groups in total. The molecule has 0 saturated heterocycles. The first-order chi connectivity index (χ1) is 15.5. The Bertz CT molecular complexity index is 1070. The lowest BCUT2D eigenvalue weighted by molar-refractivity contribution is 0.0696. The van der Waals surface area contributed by atoms with E-state index < -0.39 is 5.97 Å². The zero-order valence-corrected chi connectivity index (χ0v) is 19.3. The fourth-order valence-electron chi connectivity index (χ4n) is 3.21. The number of carbonyl (C=O) groups is 2. The number of benzene rings is 2. The van der Waals surface area contributed by atoms with E-state index in [-0.39, 0.29) is 5.56 Å². The highest BCUT2D eigenvalue weighted by Crippen LogP contribution is 2.39. The number of hydrazone groups is 1. The second-order valence-electron chi connectivity index (χ2n) is 6.73. The monoisotopic (exact) mass is 452 g/mol. The molecule has 4 rings (SSSR count). The van der Waals surface area contributed by atoms with Crippen molar-refractivity contribution < 1.29 is 19.8 Å². The first-order valence-electron chi connectivity index (χ1n) is 10.4. The Labute approximate surface area is 192 Å². The third-order valence-electron chi connectivity index (χ3n) is 4.78. The third-order valence-corrected chi connectivity index (χ3v) is 5.82. The number of aryl methyl sites for hydroxylation is 2. The van der Waals surface area contributed by atoms with Gasteiger partial charge in [0.2, 0.25) is 0 Å². The van der Waals surface area contributed by atoms with E-state index in [1.54, 1.807) is 24.6 Å². The van der Waals surface area contributed by atoms with Crippen LogP contribution in [0.2, 0.25) is 0 Å². The van der Waals surface area contributed by atoms with Crippen molar-refractivity contribution in [3.63, 3.8) is 0 Å². The lowest BCUT2D eigenvalue weighted by atomic mass is 10.0. The van der Waals surface area contributed by atoms with Crippen molar-refractivity contribution in [1.82, 2.24) is 5.43 Å². The lowest BCUT2D eigenvalue weighted by Gasteiger charge is -2.04. The minimum absolute atomic E-state index is 0.190. The van der Waals surface area contributed by atoms with Gasteiger partial charge in [-0.05, 0) is 54.2 Å². The molecular formula is C25H28N2O4S. The summed E-state index contributed by atoms with van der Waals surface area (Å²) in [5, 5.41) is 24.6. The van der Waals surface area contributed by atoms with Crippen LogP contribution in [-0.4, -0.2) is 35.7 Å². The second-order valence-corrected chi connectivity index (χ2v) is 7.61. The molecule has 1 aromatic heterocycles. The van der Waals surface area contributed by atoms with Gasteiger partial charge in [-0.2, -0.15) is 5.10 Å². The molecule has 1 aliphatic carbocycles. The number of aldehydes is 1. The molecule has 168 valence electrons. The highest BCUT2D eigenvalue weighted by atomic mass is 32.1. The molecule has 6 nitrogen and oxygen atoms in total. The number of nitrogens with one attached hydrogen (secondary N) is 1. The van der Waals surface area contributed by atoms with E-state index in [1.165, 1.54) is 48.2 Å². The number of carboxylic acids is 1. The SMILES string of the molecule is CC.CN/N=C/c1csc(-c2ccc3c(c2)CCC3)c1O.O=Cc1ccc(C(=O)O)cc1. The molecule has 7 heteroatoms. The van der Waals surface area contributed by atoms with E-state index in [0.717, 1.165) is 22.4 Å². The Balaban J connectivity index is 0.000000239. The van der Waals surface area contributed by atoms with Crippen molar-refractivity contribution in [3.8, 4) is 16.2 Å². The Morgan fingerprint density at radius 3 is 2.41 bits per heavy atom. The summed E-state index contributed by atoms with van der Waals surface area (Å²) < 4.78 is 0. The Kier molecular flexibility index (Phi) is 9.63. The van der Waals surface area contributed by atoms with Crippen LogP contribution >= 0.6 is 11.3 Å². The van der Waals surface area contributed by atoms with Crippen molar-refractivity contribution in [2.45, 2.75) is 33.1 Å². The summed E-state index contributed by atoms with van der Waals surface area (Å²) in [6.07, 6.45) is 5.90. The highest BCUT2D eigenvalue weighted by Gasteiger charge is 2.15. The number of hydrogen-bond donors (Lipinski definition) is 3. The summed E-state index contributed by atoms with van der Waals surface area (Å²) in [5.41, 5.74) is 8.11. The number of rotatable bonds is 5. The smallest absolute Gasteiger partial charge is 0.335 e. The first-order valence-corrected chi connectivity index (χ1v) is 11.3. The third kappa shape index (κ3) is 6.28. The molecule has 1 heterocycles. The average Bonchev–Trinajstić information content (AvgIpc) is 3.45. The maximum absolute atomic E-state index is 10.3. The van der Waals surface area contributed by atoms with Crippen molar-refractivity contribution in [1.29, 1.82) is 0 Å². The molecule has 32 heavy (non-hydrogen) atoms. The van der Waals surface area contributed by atoms with E-state index in [9.17, 15) is 14.7 Å². The molecule has 3 aromatic rings. The summed E-state index contributed by atoms with van der Waals surface area (Å²) in [6.45, 7) is 4.00. The van der Waals surface area contributed by atoms with E-state index in [0.29, 0.717) is 17.6 Å². The van der Waals surface area contributed by atoms with Crippen LogP contribution in [0.25, 0.3) is 10.4 Å². The number of aromatic hydroxyl groups is 1. The summed E-state index contributed by atoms with van der Waals surface area (Å²) in [6, 6.07) is 12.2. The lowest BCUT2D eigenvalue weighted by Crippen LogP contribution is -1.95. The van der Waals surface area contributed by atoms with Crippen LogP contribution in [0, 0.1) is 0 Å². The van der Waals surface area contributed by atoms with Crippen molar-refractivity contribution in [2.24, 2.45) is 5.10 Å². The van der Waals surface area contributed by atoms with Crippen LogP contribution in [-0.2, 0) is 12.8 Å². The zero-order valence-electron chi connectivity index (χ0n) is 18.5.